The number of ether oxygens (including phenoxy) is 2. The van der Waals surface area contributed by atoms with Crippen molar-refractivity contribution in [1.29, 1.82) is 0 Å². The van der Waals surface area contributed by atoms with Gasteiger partial charge < -0.3 is 9.47 Å². The number of halogens is 2. The van der Waals surface area contributed by atoms with Crippen molar-refractivity contribution in [1.82, 2.24) is 14.5 Å². The minimum absolute atomic E-state index is 0.0363. The third kappa shape index (κ3) is 4.00. The third-order valence-electron chi connectivity index (χ3n) is 5.28. The number of fused-ring (bicyclic) bond motifs is 1. The number of hydrogen-bond donors (Lipinski definition) is 1. The van der Waals surface area contributed by atoms with Gasteiger partial charge in [0.05, 0.1) is 31.4 Å². The van der Waals surface area contributed by atoms with Crippen LogP contribution >= 0.6 is 0 Å². The fourth-order valence-corrected chi connectivity index (χ4v) is 5.04. The first-order chi connectivity index (χ1) is 14.8. The molecule has 7 nitrogen and oxygen atoms in total. The molecule has 0 spiro atoms. The molecule has 0 radical (unpaired) electrons. The highest BCUT2D eigenvalue weighted by Crippen LogP contribution is 2.34. The summed E-state index contributed by atoms with van der Waals surface area (Å²) in [5.74, 6) is -0.694. The quantitative estimate of drug-likeness (QED) is 0.623. The van der Waals surface area contributed by atoms with Crippen LogP contribution in [0, 0.1) is 11.6 Å². The third-order valence-corrected chi connectivity index (χ3v) is 6.75. The molecule has 1 aliphatic rings. The molecule has 31 heavy (non-hydrogen) atoms. The molecule has 164 valence electrons. The topological polar surface area (TPSA) is 82.5 Å². The molecule has 1 atom stereocenters. The summed E-state index contributed by atoms with van der Waals surface area (Å²) < 4.78 is 68.0. The van der Waals surface area contributed by atoms with Gasteiger partial charge >= 0.3 is 0 Å². The summed E-state index contributed by atoms with van der Waals surface area (Å²) in [5, 5.41) is 4.24. The summed E-state index contributed by atoms with van der Waals surface area (Å²) in [6.45, 7) is 0. The minimum atomic E-state index is -3.88. The maximum atomic E-state index is 14.3. The van der Waals surface area contributed by atoms with E-state index in [4.69, 9.17) is 9.47 Å². The van der Waals surface area contributed by atoms with Crippen LogP contribution in [0.1, 0.15) is 30.1 Å². The number of rotatable bonds is 6. The number of benzene rings is 2. The molecule has 0 bridgehead atoms. The minimum Gasteiger partial charge on any atom is -0.493 e. The maximum absolute atomic E-state index is 14.3. The van der Waals surface area contributed by atoms with Gasteiger partial charge in [-0.15, -0.1) is 0 Å². The first-order valence-corrected chi connectivity index (χ1v) is 11.1. The van der Waals surface area contributed by atoms with E-state index in [0.29, 0.717) is 42.0 Å². The Kier molecular flexibility index (Phi) is 5.67. The molecular weight excluding hydrogens is 428 g/mol. The second kappa shape index (κ2) is 8.27. The lowest BCUT2D eigenvalue weighted by Crippen LogP contribution is -2.31. The summed E-state index contributed by atoms with van der Waals surface area (Å²) in [6.07, 6.45) is 3.37. The monoisotopic (exact) mass is 449 g/mol. The molecule has 0 fully saturated rings. The van der Waals surface area contributed by atoms with Crippen molar-refractivity contribution in [2.75, 3.05) is 14.2 Å². The van der Waals surface area contributed by atoms with Crippen molar-refractivity contribution in [3.8, 4) is 17.2 Å². The Bertz CT molecular complexity index is 1230. The molecule has 0 amide bonds. The normalized spacial score (nSPS) is 16.1. The second-order valence-corrected chi connectivity index (χ2v) is 8.85. The average molecular weight is 449 g/mol. The van der Waals surface area contributed by atoms with Crippen LogP contribution < -0.4 is 14.2 Å². The van der Waals surface area contributed by atoms with Gasteiger partial charge in [0.25, 0.3) is 0 Å². The number of aromatic nitrogens is 2. The fourth-order valence-electron chi connectivity index (χ4n) is 3.78. The van der Waals surface area contributed by atoms with Gasteiger partial charge in [-0.2, -0.15) is 5.10 Å². The van der Waals surface area contributed by atoms with Crippen molar-refractivity contribution in [2.24, 2.45) is 0 Å². The van der Waals surface area contributed by atoms with E-state index in [-0.39, 0.29) is 10.6 Å². The second-order valence-electron chi connectivity index (χ2n) is 7.14. The standard InChI is InChI=1S/C21H21F2N3O4S/c1-29-20-9-7-14(11-21(20)30-2)31(27,28)25-17-4-3-5-18-15(17)12-24-26(18)19-8-6-13(22)10-16(19)23/h6-12,17,25H,3-5H2,1-2H3/t17-/m1/s1. The van der Waals surface area contributed by atoms with Crippen LogP contribution in [0.2, 0.25) is 0 Å². The van der Waals surface area contributed by atoms with Crippen LogP contribution in [0.15, 0.2) is 47.5 Å². The van der Waals surface area contributed by atoms with Crippen molar-refractivity contribution < 1.29 is 26.7 Å². The number of nitrogens with zero attached hydrogens (tertiary/aromatic N) is 2. The van der Waals surface area contributed by atoms with Crippen LogP contribution in [0.5, 0.6) is 11.5 Å². The molecule has 1 aromatic heterocycles. The highest BCUT2D eigenvalue weighted by molar-refractivity contribution is 7.89. The van der Waals surface area contributed by atoms with Gasteiger partial charge in [-0.25, -0.2) is 26.6 Å². The largest absolute Gasteiger partial charge is 0.493 e. The van der Waals surface area contributed by atoms with Crippen LogP contribution in [-0.4, -0.2) is 32.4 Å². The molecule has 1 aliphatic carbocycles. The molecule has 2 aromatic carbocycles. The molecule has 1 N–H and O–H groups in total. The lowest BCUT2D eigenvalue weighted by atomic mass is 9.94. The molecule has 3 aromatic rings. The van der Waals surface area contributed by atoms with E-state index in [9.17, 15) is 17.2 Å². The Hall–Kier alpha value is -2.98. The van der Waals surface area contributed by atoms with E-state index in [1.807, 2.05) is 0 Å². The number of nitrogens with one attached hydrogen (secondary N) is 1. The van der Waals surface area contributed by atoms with E-state index in [2.05, 4.69) is 9.82 Å². The zero-order valence-corrected chi connectivity index (χ0v) is 17.7. The smallest absolute Gasteiger partial charge is 0.241 e. The Morgan fingerprint density at radius 2 is 1.87 bits per heavy atom. The molecule has 1 heterocycles. The zero-order chi connectivity index (χ0) is 22.2. The van der Waals surface area contributed by atoms with Crippen molar-refractivity contribution in [3.05, 3.63) is 65.5 Å². The lowest BCUT2D eigenvalue weighted by Gasteiger charge is -2.24. The van der Waals surface area contributed by atoms with Gasteiger partial charge in [0.1, 0.15) is 11.5 Å². The first kappa shape index (κ1) is 21.3. The molecule has 0 unspecified atom stereocenters. The highest BCUT2D eigenvalue weighted by atomic mass is 32.2. The zero-order valence-electron chi connectivity index (χ0n) is 16.9. The van der Waals surface area contributed by atoms with E-state index < -0.39 is 27.7 Å². The summed E-state index contributed by atoms with van der Waals surface area (Å²) >= 11 is 0. The fraction of sp³-hybridized carbons (Fsp3) is 0.286. The highest BCUT2D eigenvalue weighted by Gasteiger charge is 2.30. The van der Waals surface area contributed by atoms with Crippen molar-refractivity contribution in [2.45, 2.75) is 30.2 Å². The van der Waals surface area contributed by atoms with Gasteiger partial charge in [0.15, 0.2) is 17.3 Å². The maximum Gasteiger partial charge on any atom is 0.241 e. The van der Waals surface area contributed by atoms with Crippen LogP contribution in [-0.2, 0) is 16.4 Å². The molecular formula is C21H21F2N3O4S. The Balaban J connectivity index is 1.66. The predicted octanol–water partition coefficient (Wildman–Crippen LogP) is 3.52. The van der Waals surface area contributed by atoms with Gasteiger partial charge in [0.2, 0.25) is 10.0 Å². The summed E-state index contributed by atoms with van der Waals surface area (Å²) in [4.78, 5) is 0.0363. The van der Waals surface area contributed by atoms with Crippen molar-refractivity contribution >= 4 is 10.0 Å². The molecule has 10 heteroatoms. The molecule has 0 saturated heterocycles. The van der Waals surface area contributed by atoms with E-state index in [0.717, 1.165) is 12.1 Å². The van der Waals surface area contributed by atoms with Crippen LogP contribution in [0.4, 0.5) is 8.78 Å². The number of hydrogen-bond acceptors (Lipinski definition) is 5. The predicted molar refractivity (Wildman–Crippen MR) is 109 cm³/mol. The van der Waals surface area contributed by atoms with E-state index in [1.165, 1.54) is 49.4 Å². The summed E-state index contributed by atoms with van der Waals surface area (Å²) in [6, 6.07) is 7.09. The summed E-state index contributed by atoms with van der Waals surface area (Å²) in [5.41, 5.74) is 1.47. The van der Waals surface area contributed by atoms with Crippen LogP contribution in [0.3, 0.4) is 0 Å². The van der Waals surface area contributed by atoms with Gasteiger partial charge in [0, 0.05) is 23.4 Å². The van der Waals surface area contributed by atoms with E-state index in [1.54, 1.807) is 0 Å². The van der Waals surface area contributed by atoms with Crippen molar-refractivity contribution in [3.63, 3.8) is 0 Å². The van der Waals surface area contributed by atoms with Gasteiger partial charge in [-0.3, -0.25) is 0 Å². The molecule has 4 rings (SSSR count). The Morgan fingerprint density at radius 3 is 2.58 bits per heavy atom. The van der Waals surface area contributed by atoms with Gasteiger partial charge in [-0.1, -0.05) is 0 Å². The number of sulfonamides is 1. The molecule has 0 saturated carbocycles. The lowest BCUT2D eigenvalue weighted by molar-refractivity contribution is 0.354. The number of methoxy groups -OCH3 is 2. The van der Waals surface area contributed by atoms with E-state index >= 15 is 0 Å². The van der Waals surface area contributed by atoms with Gasteiger partial charge in [-0.05, 0) is 43.5 Å². The average Bonchev–Trinajstić information content (AvgIpc) is 3.18. The SMILES string of the molecule is COc1ccc(S(=O)(=O)N[C@@H]2CCCc3c2cnn3-c2ccc(F)cc2F)cc1OC. The first-order valence-electron chi connectivity index (χ1n) is 9.60. The Morgan fingerprint density at radius 1 is 1.10 bits per heavy atom. The molecule has 0 aliphatic heterocycles. The van der Waals surface area contributed by atoms with Crippen LogP contribution in [0.25, 0.3) is 5.69 Å². The summed E-state index contributed by atoms with van der Waals surface area (Å²) in [7, 11) is -0.979. The Labute approximate surface area is 178 Å².